The van der Waals surface area contributed by atoms with Gasteiger partial charge in [-0.3, -0.25) is 4.98 Å². The number of pyridine rings is 1. The van der Waals surface area contributed by atoms with Crippen LogP contribution in [0.3, 0.4) is 0 Å². The number of anilines is 1. The molecule has 1 saturated carbocycles. The number of aromatic nitrogens is 3. The summed E-state index contributed by atoms with van der Waals surface area (Å²) in [5, 5.41) is 0.634. The van der Waals surface area contributed by atoms with Gasteiger partial charge in [0.25, 0.3) is 0 Å². The molecule has 100 valence electrons. The van der Waals surface area contributed by atoms with E-state index in [4.69, 9.17) is 22.3 Å². The first-order chi connectivity index (χ1) is 9.74. The number of nitrogens with two attached hydrogens (primary N) is 1. The van der Waals surface area contributed by atoms with E-state index in [2.05, 4.69) is 9.55 Å². The van der Waals surface area contributed by atoms with Gasteiger partial charge in [-0.05, 0) is 37.1 Å². The van der Waals surface area contributed by atoms with Gasteiger partial charge in [-0.15, -0.1) is 0 Å². The number of hydrogen-bond acceptors (Lipinski definition) is 3. The lowest BCUT2D eigenvalue weighted by molar-refractivity contribution is 0.775. The molecule has 4 rings (SSSR count). The molecule has 4 nitrogen and oxygen atoms in total. The molecule has 2 N–H and O–H groups in total. The summed E-state index contributed by atoms with van der Waals surface area (Å²) in [4.78, 5) is 8.86. The van der Waals surface area contributed by atoms with Crippen molar-refractivity contribution >= 4 is 28.3 Å². The molecule has 1 aliphatic rings. The van der Waals surface area contributed by atoms with Crippen molar-refractivity contribution in [1.29, 1.82) is 0 Å². The lowest BCUT2D eigenvalue weighted by atomic mass is 10.2. The van der Waals surface area contributed by atoms with E-state index < -0.39 is 0 Å². The molecule has 0 amide bonds. The number of hydrogen-bond donors (Lipinski definition) is 1. The van der Waals surface area contributed by atoms with Gasteiger partial charge in [0.2, 0.25) is 0 Å². The number of nitrogen functional groups attached to an aromatic ring is 1. The van der Waals surface area contributed by atoms with E-state index in [1.807, 2.05) is 18.2 Å². The predicted octanol–water partition coefficient (Wildman–Crippen LogP) is 3.67. The average Bonchev–Trinajstić information content (AvgIpc) is 3.19. The van der Waals surface area contributed by atoms with Crippen LogP contribution in [0.1, 0.15) is 18.9 Å². The number of fused-ring (bicyclic) bond motifs is 1. The molecule has 0 atom stereocenters. The molecule has 0 saturated heterocycles. The monoisotopic (exact) mass is 284 g/mol. The van der Waals surface area contributed by atoms with E-state index in [1.54, 1.807) is 18.5 Å². The van der Waals surface area contributed by atoms with Crippen LogP contribution in [-0.4, -0.2) is 14.5 Å². The summed E-state index contributed by atoms with van der Waals surface area (Å²) in [7, 11) is 0. The number of nitrogens with zero attached hydrogens (tertiary/aromatic N) is 3. The summed E-state index contributed by atoms with van der Waals surface area (Å²) < 4.78 is 2.27. The Morgan fingerprint density at radius 2 is 2.10 bits per heavy atom. The molecule has 0 unspecified atom stereocenters. The summed E-state index contributed by atoms with van der Waals surface area (Å²) in [5.74, 6) is 0.903. The highest BCUT2D eigenvalue weighted by Crippen LogP contribution is 2.42. The van der Waals surface area contributed by atoms with Gasteiger partial charge in [0.1, 0.15) is 11.3 Å². The van der Waals surface area contributed by atoms with E-state index in [9.17, 15) is 0 Å². The van der Waals surface area contributed by atoms with Crippen LogP contribution < -0.4 is 5.73 Å². The second-order valence-corrected chi connectivity index (χ2v) is 5.55. The molecule has 1 aliphatic carbocycles. The van der Waals surface area contributed by atoms with E-state index in [1.165, 1.54) is 12.8 Å². The van der Waals surface area contributed by atoms with Crippen molar-refractivity contribution in [3.05, 3.63) is 41.7 Å². The minimum absolute atomic E-state index is 0.519. The van der Waals surface area contributed by atoms with Crippen LogP contribution in [0.4, 0.5) is 5.69 Å². The zero-order valence-corrected chi connectivity index (χ0v) is 11.5. The Kier molecular flexibility index (Phi) is 2.47. The zero-order valence-electron chi connectivity index (χ0n) is 10.8. The number of imidazole rings is 1. The quantitative estimate of drug-likeness (QED) is 0.731. The minimum atomic E-state index is 0.519. The molecule has 2 aromatic heterocycles. The Bertz CT molecular complexity index is 805. The molecule has 0 spiro atoms. The Morgan fingerprint density at radius 1 is 1.25 bits per heavy atom. The van der Waals surface area contributed by atoms with Crippen molar-refractivity contribution in [3.8, 4) is 11.4 Å². The molecule has 1 fully saturated rings. The summed E-state index contributed by atoms with van der Waals surface area (Å²) in [6, 6.07) is 8.09. The maximum Gasteiger partial charge on any atom is 0.142 e. The molecule has 20 heavy (non-hydrogen) atoms. The van der Waals surface area contributed by atoms with Crippen molar-refractivity contribution in [2.45, 2.75) is 18.9 Å². The summed E-state index contributed by atoms with van der Waals surface area (Å²) in [6.45, 7) is 0. The minimum Gasteiger partial charge on any atom is -0.399 e. The topological polar surface area (TPSA) is 56.7 Å². The molecule has 0 radical (unpaired) electrons. The van der Waals surface area contributed by atoms with Crippen molar-refractivity contribution in [2.24, 2.45) is 0 Å². The maximum atomic E-state index is 6.34. The Balaban J connectivity index is 2.01. The number of halogens is 1. The fraction of sp³-hybridized carbons (Fsp3) is 0.200. The Labute approximate surface area is 121 Å². The highest BCUT2D eigenvalue weighted by molar-refractivity contribution is 6.33. The second kappa shape index (κ2) is 4.21. The van der Waals surface area contributed by atoms with Gasteiger partial charge in [-0.1, -0.05) is 11.6 Å². The lowest BCUT2D eigenvalue weighted by Gasteiger charge is -2.09. The average molecular weight is 285 g/mol. The third-order valence-electron chi connectivity index (χ3n) is 3.64. The standard InChI is InChI=1S/C15H13ClN4/c16-12-7-9(17)1-4-11(12)15-19-13-8-18-6-5-14(13)20(15)10-2-3-10/h1,4-8,10H,2-3,17H2. The van der Waals surface area contributed by atoms with Crippen LogP contribution in [0.25, 0.3) is 22.4 Å². The van der Waals surface area contributed by atoms with E-state index in [0.29, 0.717) is 16.8 Å². The van der Waals surface area contributed by atoms with E-state index >= 15 is 0 Å². The summed E-state index contributed by atoms with van der Waals surface area (Å²) in [6.07, 6.45) is 5.97. The third kappa shape index (κ3) is 1.76. The second-order valence-electron chi connectivity index (χ2n) is 5.14. The largest absolute Gasteiger partial charge is 0.399 e. The Morgan fingerprint density at radius 3 is 2.85 bits per heavy atom. The highest BCUT2D eigenvalue weighted by atomic mass is 35.5. The fourth-order valence-corrected chi connectivity index (χ4v) is 2.83. The van der Waals surface area contributed by atoms with Gasteiger partial charge >= 0.3 is 0 Å². The molecular formula is C15H13ClN4. The zero-order chi connectivity index (χ0) is 13.7. The van der Waals surface area contributed by atoms with Crippen molar-refractivity contribution in [2.75, 3.05) is 5.73 Å². The number of benzene rings is 1. The SMILES string of the molecule is Nc1ccc(-c2nc3cnccc3n2C2CC2)c(Cl)c1. The van der Waals surface area contributed by atoms with Crippen LogP contribution in [0, 0.1) is 0 Å². The van der Waals surface area contributed by atoms with Gasteiger partial charge in [0.15, 0.2) is 0 Å². The smallest absolute Gasteiger partial charge is 0.142 e. The van der Waals surface area contributed by atoms with Crippen LogP contribution >= 0.6 is 11.6 Å². The van der Waals surface area contributed by atoms with Crippen LogP contribution in [0.5, 0.6) is 0 Å². The van der Waals surface area contributed by atoms with E-state index in [0.717, 1.165) is 22.4 Å². The Hall–Kier alpha value is -2.07. The van der Waals surface area contributed by atoms with Crippen LogP contribution in [-0.2, 0) is 0 Å². The lowest BCUT2D eigenvalue weighted by Crippen LogP contribution is -1.98. The molecule has 3 aromatic rings. The van der Waals surface area contributed by atoms with Gasteiger partial charge in [-0.25, -0.2) is 4.98 Å². The van der Waals surface area contributed by atoms with Gasteiger partial charge < -0.3 is 10.3 Å². The summed E-state index contributed by atoms with van der Waals surface area (Å²) in [5.41, 5.74) is 9.37. The number of rotatable bonds is 2. The maximum absolute atomic E-state index is 6.34. The van der Waals surface area contributed by atoms with Crippen molar-refractivity contribution < 1.29 is 0 Å². The first-order valence-electron chi connectivity index (χ1n) is 6.61. The van der Waals surface area contributed by atoms with Gasteiger partial charge in [-0.2, -0.15) is 0 Å². The molecule has 2 heterocycles. The summed E-state index contributed by atoms with van der Waals surface area (Å²) >= 11 is 6.34. The van der Waals surface area contributed by atoms with Gasteiger partial charge in [0, 0.05) is 23.5 Å². The molecule has 0 aliphatic heterocycles. The third-order valence-corrected chi connectivity index (χ3v) is 3.95. The molecule has 5 heteroatoms. The first-order valence-corrected chi connectivity index (χ1v) is 6.99. The normalized spacial score (nSPS) is 14.8. The van der Waals surface area contributed by atoms with Crippen LogP contribution in [0.2, 0.25) is 5.02 Å². The molecule has 0 bridgehead atoms. The van der Waals surface area contributed by atoms with Crippen molar-refractivity contribution in [1.82, 2.24) is 14.5 Å². The highest BCUT2D eigenvalue weighted by Gasteiger charge is 2.29. The predicted molar refractivity (Wildman–Crippen MR) is 80.7 cm³/mol. The molecular weight excluding hydrogens is 272 g/mol. The van der Waals surface area contributed by atoms with E-state index in [-0.39, 0.29) is 0 Å². The van der Waals surface area contributed by atoms with Crippen molar-refractivity contribution in [3.63, 3.8) is 0 Å². The fourth-order valence-electron chi connectivity index (χ4n) is 2.56. The first kappa shape index (κ1) is 11.7. The van der Waals surface area contributed by atoms with Crippen LogP contribution in [0.15, 0.2) is 36.7 Å². The van der Waals surface area contributed by atoms with Gasteiger partial charge in [0.05, 0.1) is 16.7 Å². The molecule has 1 aromatic carbocycles.